The van der Waals surface area contributed by atoms with E-state index >= 15 is 0 Å². The Bertz CT molecular complexity index is 1090. The van der Waals surface area contributed by atoms with Gasteiger partial charge in [-0.15, -0.1) is 0 Å². The number of hydrogen-bond donors (Lipinski definition) is 3. The molecule has 7 nitrogen and oxygen atoms in total. The molecule has 0 radical (unpaired) electrons. The second-order valence-corrected chi connectivity index (χ2v) is 8.68. The quantitative estimate of drug-likeness (QED) is 0.331. The van der Waals surface area contributed by atoms with Gasteiger partial charge in [-0.1, -0.05) is 36.0 Å². The number of carbonyl (C=O) groups is 2. The molecule has 0 bridgehead atoms. The molecule has 2 aromatic carbocycles. The van der Waals surface area contributed by atoms with Gasteiger partial charge >= 0.3 is 0 Å². The first-order chi connectivity index (χ1) is 14.6. The number of nitrogens with zero attached hydrogens (tertiary/aromatic N) is 2. The van der Waals surface area contributed by atoms with E-state index in [1.807, 2.05) is 42.5 Å². The Hall–Kier alpha value is -2.65. The molecule has 4 rings (SSSR count). The van der Waals surface area contributed by atoms with Crippen LogP contribution < -0.4 is 16.0 Å². The third-order valence-electron chi connectivity index (χ3n) is 4.43. The Labute approximate surface area is 186 Å². The minimum absolute atomic E-state index is 0.103. The summed E-state index contributed by atoms with van der Waals surface area (Å²) in [5, 5.41) is 10.3. The summed E-state index contributed by atoms with van der Waals surface area (Å²) in [7, 11) is 0. The van der Waals surface area contributed by atoms with Crippen molar-refractivity contribution < 1.29 is 9.59 Å². The molecule has 0 spiro atoms. The lowest BCUT2D eigenvalue weighted by molar-refractivity contribution is -0.122. The number of para-hydroxylation sites is 2. The van der Waals surface area contributed by atoms with Crippen LogP contribution in [0, 0.1) is 0 Å². The van der Waals surface area contributed by atoms with Crippen LogP contribution in [0.1, 0.15) is 12.8 Å². The maximum absolute atomic E-state index is 12.2. The molecular weight excluding hydrogens is 466 g/mol. The van der Waals surface area contributed by atoms with Gasteiger partial charge in [0.05, 0.1) is 23.5 Å². The normalized spacial score (nSPS) is 13.1. The highest BCUT2D eigenvalue weighted by Gasteiger charge is 2.23. The molecule has 154 valence electrons. The summed E-state index contributed by atoms with van der Waals surface area (Å²) in [5.74, 6) is 0.386. The number of amides is 2. The number of aromatic nitrogens is 2. The van der Waals surface area contributed by atoms with Crippen molar-refractivity contribution in [1.82, 2.24) is 15.3 Å². The van der Waals surface area contributed by atoms with Gasteiger partial charge in [-0.05, 0) is 53.0 Å². The first-order valence-electron chi connectivity index (χ1n) is 9.55. The molecule has 2 amide bonds. The third kappa shape index (κ3) is 5.48. The average molecular weight is 486 g/mol. The number of rotatable bonds is 8. The van der Waals surface area contributed by atoms with Crippen LogP contribution in [0.25, 0.3) is 10.9 Å². The zero-order valence-electron chi connectivity index (χ0n) is 16.0. The molecule has 0 saturated heterocycles. The van der Waals surface area contributed by atoms with E-state index in [0.29, 0.717) is 16.9 Å². The van der Waals surface area contributed by atoms with E-state index in [-0.39, 0.29) is 24.1 Å². The minimum Gasteiger partial charge on any atom is -0.367 e. The van der Waals surface area contributed by atoms with Crippen LogP contribution in [0.3, 0.4) is 0 Å². The van der Waals surface area contributed by atoms with Crippen LogP contribution in [0.5, 0.6) is 0 Å². The topological polar surface area (TPSA) is 96.0 Å². The molecule has 30 heavy (non-hydrogen) atoms. The van der Waals surface area contributed by atoms with E-state index in [1.54, 1.807) is 6.07 Å². The number of anilines is 2. The fraction of sp³-hybridized carbons (Fsp3) is 0.238. The monoisotopic (exact) mass is 485 g/mol. The zero-order valence-corrected chi connectivity index (χ0v) is 18.4. The summed E-state index contributed by atoms with van der Waals surface area (Å²) in [6, 6.07) is 15.6. The molecule has 1 heterocycles. The van der Waals surface area contributed by atoms with Gasteiger partial charge in [0.25, 0.3) is 0 Å². The van der Waals surface area contributed by atoms with Crippen molar-refractivity contribution in [2.75, 3.05) is 22.9 Å². The van der Waals surface area contributed by atoms with Crippen molar-refractivity contribution in [1.29, 1.82) is 0 Å². The fourth-order valence-corrected chi connectivity index (χ4v) is 3.83. The summed E-state index contributed by atoms with van der Waals surface area (Å²) < 4.78 is 0.782. The first kappa shape index (κ1) is 20.6. The van der Waals surface area contributed by atoms with Gasteiger partial charge < -0.3 is 16.0 Å². The molecule has 1 aromatic heterocycles. The van der Waals surface area contributed by atoms with E-state index in [2.05, 4.69) is 41.8 Å². The zero-order chi connectivity index (χ0) is 20.9. The molecule has 1 aliphatic rings. The Balaban J connectivity index is 1.32. The van der Waals surface area contributed by atoms with Crippen molar-refractivity contribution >= 4 is 61.9 Å². The fourth-order valence-electron chi connectivity index (χ4n) is 2.77. The van der Waals surface area contributed by atoms with Crippen LogP contribution in [0.15, 0.2) is 58.2 Å². The minimum atomic E-state index is -0.293. The molecule has 3 aromatic rings. The molecule has 1 aliphatic carbocycles. The predicted octanol–water partition coefficient (Wildman–Crippen LogP) is 3.81. The van der Waals surface area contributed by atoms with Crippen molar-refractivity contribution in [3.05, 3.63) is 53.0 Å². The van der Waals surface area contributed by atoms with E-state index in [9.17, 15) is 9.59 Å². The van der Waals surface area contributed by atoms with Gasteiger partial charge in [0.15, 0.2) is 5.16 Å². The Morgan fingerprint density at radius 3 is 2.60 bits per heavy atom. The number of carbonyl (C=O) groups excluding carboxylic acids is 2. The summed E-state index contributed by atoms with van der Waals surface area (Å²) in [6.07, 6.45) is 2.29. The highest BCUT2D eigenvalue weighted by molar-refractivity contribution is 9.10. The molecule has 3 N–H and O–H groups in total. The number of thioether (sulfide) groups is 1. The number of halogens is 1. The number of fused-ring (bicyclic) bond motifs is 1. The number of benzene rings is 2. The Morgan fingerprint density at radius 1 is 1.03 bits per heavy atom. The van der Waals surface area contributed by atoms with Gasteiger partial charge in [0.1, 0.15) is 5.82 Å². The van der Waals surface area contributed by atoms with Crippen LogP contribution in [0.4, 0.5) is 11.5 Å². The van der Waals surface area contributed by atoms with Crippen molar-refractivity contribution in [3.63, 3.8) is 0 Å². The molecular formula is C21H20BrN5O2S. The summed E-state index contributed by atoms with van der Waals surface area (Å²) in [6.45, 7) is -0.103. The molecule has 0 atom stereocenters. The molecule has 9 heteroatoms. The van der Waals surface area contributed by atoms with Gasteiger partial charge in [0, 0.05) is 15.9 Å². The van der Waals surface area contributed by atoms with E-state index in [1.165, 1.54) is 11.8 Å². The molecule has 0 aliphatic heterocycles. The lowest BCUT2D eigenvalue weighted by atomic mass is 10.2. The smallest absolute Gasteiger partial charge is 0.243 e. The van der Waals surface area contributed by atoms with E-state index in [4.69, 9.17) is 0 Å². The SMILES string of the molecule is O=C(CSc1nc(NC2CC2)c2ccccc2n1)NCC(=O)Nc1ccccc1Br. The van der Waals surface area contributed by atoms with Crippen LogP contribution in [0.2, 0.25) is 0 Å². The lowest BCUT2D eigenvalue weighted by Crippen LogP contribution is -2.34. The van der Waals surface area contributed by atoms with E-state index < -0.39 is 0 Å². The second-order valence-electron chi connectivity index (χ2n) is 6.88. The highest BCUT2D eigenvalue weighted by Crippen LogP contribution is 2.29. The van der Waals surface area contributed by atoms with Gasteiger partial charge in [-0.3, -0.25) is 9.59 Å². The Morgan fingerprint density at radius 2 is 1.80 bits per heavy atom. The molecule has 0 unspecified atom stereocenters. The highest BCUT2D eigenvalue weighted by atomic mass is 79.9. The molecule has 1 fully saturated rings. The van der Waals surface area contributed by atoms with Crippen LogP contribution in [-0.2, 0) is 9.59 Å². The van der Waals surface area contributed by atoms with Crippen molar-refractivity contribution in [2.24, 2.45) is 0 Å². The van der Waals surface area contributed by atoms with Gasteiger partial charge in [-0.25, -0.2) is 9.97 Å². The van der Waals surface area contributed by atoms with Gasteiger partial charge in [0.2, 0.25) is 11.8 Å². The lowest BCUT2D eigenvalue weighted by Gasteiger charge is -2.10. The van der Waals surface area contributed by atoms with Crippen molar-refractivity contribution in [3.8, 4) is 0 Å². The number of hydrogen-bond acceptors (Lipinski definition) is 6. The van der Waals surface area contributed by atoms with Crippen LogP contribution >= 0.6 is 27.7 Å². The maximum atomic E-state index is 12.2. The molecule has 1 saturated carbocycles. The van der Waals surface area contributed by atoms with Gasteiger partial charge in [-0.2, -0.15) is 0 Å². The summed E-state index contributed by atoms with van der Waals surface area (Å²) in [4.78, 5) is 33.4. The predicted molar refractivity (Wildman–Crippen MR) is 123 cm³/mol. The third-order valence-corrected chi connectivity index (χ3v) is 5.97. The summed E-state index contributed by atoms with van der Waals surface area (Å²) >= 11 is 4.62. The van der Waals surface area contributed by atoms with Crippen molar-refractivity contribution in [2.45, 2.75) is 24.0 Å². The maximum Gasteiger partial charge on any atom is 0.243 e. The second kappa shape index (κ2) is 9.44. The Kier molecular flexibility index (Phi) is 6.49. The van der Waals surface area contributed by atoms with E-state index in [0.717, 1.165) is 34.0 Å². The largest absolute Gasteiger partial charge is 0.367 e. The van der Waals surface area contributed by atoms with Crippen LogP contribution in [-0.4, -0.2) is 40.1 Å². The number of nitrogens with one attached hydrogen (secondary N) is 3. The standard InChI is InChI=1S/C21H20BrN5O2S/c22-15-6-2-4-8-17(15)25-18(28)11-23-19(29)12-30-21-26-16-7-3-1-5-14(16)20(27-21)24-13-9-10-13/h1-8,13H,9-12H2,(H,23,29)(H,25,28)(H,24,26,27). The first-order valence-corrected chi connectivity index (χ1v) is 11.3. The summed E-state index contributed by atoms with van der Waals surface area (Å²) in [5.41, 5.74) is 1.50. The average Bonchev–Trinajstić information content (AvgIpc) is 3.56.